The molecule has 1 aromatic heterocycles. The van der Waals surface area contributed by atoms with Gasteiger partial charge < -0.3 is 9.47 Å². The molecule has 0 radical (unpaired) electrons. The lowest BCUT2D eigenvalue weighted by Crippen LogP contribution is -2.16. The summed E-state index contributed by atoms with van der Waals surface area (Å²) in [5.41, 5.74) is 3.51. The number of aromatic nitrogens is 1. The average molecular weight is 334 g/mol. The molecule has 8 heteroatoms. The van der Waals surface area contributed by atoms with Crippen molar-refractivity contribution < 1.29 is 17.9 Å². The van der Waals surface area contributed by atoms with Gasteiger partial charge in [0.05, 0.1) is 14.2 Å². The molecule has 5 nitrogen and oxygen atoms in total. The molecular weight excluding hydrogens is 318 g/mol. The number of pyridine rings is 1. The van der Waals surface area contributed by atoms with Gasteiger partial charge in [-0.1, -0.05) is 25.6 Å². The van der Waals surface area contributed by atoms with Gasteiger partial charge in [0.15, 0.2) is 4.90 Å². The van der Waals surface area contributed by atoms with Crippen LogP contribution in [0.15, 0.2) is 11.0 Å². The van der Waals surface area contributed by atoms with Crippen molar-refractivity contribution in [3.63, 3.8) is 0 Å². The fraction of sp³-hybridized carbons (Fsp3) is 0.417. The van der Waals surface area contributed by atoms with Gasteiger partial charge in [-0.2, -0.15) is 0 Å². The van der Waals surface area contributed by atoms with Gasteiger partial charge >= 0.3 is 0 Å². The van der Waals surface area contributed by atoms with Crippen LogP contribution in [-0.4, -0.2) is 35.7 Å². The van der Waals surface area contributed by atoms with E-state index in [9.17, 15) is 8.42 Å². The molecule has 0 fully saturated rings. The largest absolute Gasteiger partial charge is 0.495 e. The Hall–Kier alpha value is -1.23. The molecule has 1 aromatic rings. The van der Waals surface area contributed by atoms with Crippen LogP contribution in [0.1, 0.15) is 5.69 Å². The Morgan fingerprint density at radius 3 is 2.25 bits per heavy atom. The highest BCUT2D eigenvalue weighted by molar-refractivity contribution is 8.13. The number of methoxy groups -OCH3 is 2. The zero-order valence-corrected chi connectivity index (χ0v) is 14.5. The number of halogens is 1. The maximum Gasteiger partial charge on any atom is 0.270 e. The van der Waals surface area contributed by atoms with Crippen molar-refractivity contribution in [1.82, 2.24) is 4.98 Å². The van der Waals surface area contributed by atoms with Gasteiger partial charge in [-0.05, 0) is 0 Å². The smallest absolute Gasteiger partial charge is 0.270 e. The van der Waals surface area contributed by atoms with E-state index in [-0.39, 0.29) is 16.5 Å². The fourth-order valence-electron chi connectivity index (χ4n) is 1.32. The average Bonchev–Trinajstić information content (AvgIpc) is 2.32. The number of hydrogen-bond donors (Lipinski definition) is 0. The molecule has 0 aliphatic heterocycles. The standard InChI is InChI=1S/C12H16ClNO4SSi/c1-17-10-8-9(6-7-20(3,4)5)14-12(18-2)11(10)19(13,15)16/h8H,1-5H3. The van der Waals surface area contributed by atoms with Crippen molar-refractivity contribution in [2.45, 2.75) is 24.5 Å². The molecule has 0 spiro atoms. The Balaban J connectivity index is 3.52. The van der Waals surface area contributed by atoms with E-state index in [0.717, 1.165) is 0 Å². The van der Waals surface area contributed by atoms with Crippen LogP contribution in [-0.2, 0) is 9.05 Å². The molecule has 0 amide bonds. The highest BCUT2D eigenvalue weighted by Gasteiger charge is 2.25. The van der Waals surface area contributed by atoms with Gasteiger partial charge in [0.1, 0.15) is 19.5 Å². The van der Waals surface area contributed by atoms with Crippen LogP contribution in [0, 0.1) is 11.5 Å². The lowest BCUT2D eigenvalue weighted by Gasteiger charge is -2.10. The van der Waals surface area contributed by atoms with E-state index < -0.39 is 17.1 Å². The van der Waals surface area contributed by atoms with Crippen molar-refractivity contribution in [3.8, 4) is 23.1 Å². The number of rotatable bonds is 3. The fourth-order valence-corrected chi connectivity index (χ4v) is 2.97. The van der Waals surface area contributed by atoms with E-state index in [2.05, 4.69) is 36.1 Å². The highest BCUT2D eigenvalue weighted by atomic mass is 35.7. The summed E-state index contributed by atoms with van der Waals surface area (Å²) in [7, 11) is 2.42. The maximum absolute atomic E-state index is 11.6. The Kier molecular flexibility index (Phi) is 5.08. The Labute approximate surface area is 124 Å². The Bertz CT molecular complexity index is 646. The van der Waals surface area contributed by atoms with E-state index in [1.165, 1.54) is 20.3 Å². The first kappa shape index (κ1) is 16.8. The van der Waals surface area contributed by atoms with Gasteiger partial charge in [-0.3, -0.25) is 0 Å². The van der Waals surface area contributed by atoms with Gasteiger partial charge in [0.2, 0.25) is 5.88 Å². The third-order valence-electron chi connectivity index (χ3n) is 2.13. The summed E-state index contributed by atoms with van der Waals surface area (Å²) in [6.07, 6.45) is 0. The van der Waals surface area contributed by atoms with Gasteiger partial charge in [-0.15, -0.1) is 5.54 Å². The van der Waals surface area contributed by atoms with Crippen molar-refractivity contribution in [2.75, 3.05) is 14.2 Å². The molecule has 0 N–H and O–H groups in total. The molecule has 1 heterocycles. The maximum atomic E-state index is 11.6. The van der Waals surface area contributed by atoms with Gasteiger partial charge in [0, 0.05) is 16.7 Å². The van der Waals surface area contributed by atoms with E-state index >= 15 is 0 Å². The van der Waals surface area contributed by atoms with Gasteiger partial charge in [0.25, 0.3) is 9.05 Å². The quantitative estimate of drug-likeness (QED) is 0.482. The van der Waals surface area contributed by atoms with E-state index in [4.69, 9.17) is 20.2 Å². The Morgan fingerprint density at radius 2 is 1.85 bits per heavy atom. The van der Waals surface area contributed by atoms with Crippen LogP contribution in [0.25, 0.3) is 0 Å². The summed E-state index contributed by atoms with van der Waals surface area (Å²) in [4.78, 5) is 3.76. The van der Waals surface area contributed by atoms with Crippen molar-refractivity contribution in [1.29, 1.82) is 0 Å². The van der Waals surface area contributed by atoms with Gasteiger partial charge in [-0.25, -0.2) is 13.4 Å². The van der Waals surface area contributed by atoms with Crippen molar-refractivity contribution in [3.05, 3.63) is 11.8 Å². The highest BCUT2D eigenvalue weighted by Crippen LogP contribution is 2.34. The molecule has 20 heavy (non-hydrogen) atoms. The first-order valence-corrected chi connectivity index (χ1v) is 11.5. The zero-order valence-electron chi connectivity index (χ0n) is 11.9. The van der Waals surface area contributed by atoms with Crippen LogP contribution in [0.4, 0.5) is 0 Å². The number of ether oxygens (including phenoxy) is 2. The molecule has 0 saturated carbocycles. The third-order valence-corrected chi connectivity index (χ3v) is 4.33. The van der Waals surface area contributed by atoms with Crippen LogP contribution >= 0.6 is 10.7 Å². The predicted octanol–water partition coefficient (Wildman–Crippen LogP) is 2.26. The number of hydrogen-bond acceptors (Lipinski definition) is 5. The molecule has 0 bridgehead atoms. The summed E-state index contributed by atoms with van der Waals surface area (Å²) in [6.45, 7) is 6.27. The lowest BCUT2D eigenvalue weighted by atomic mass is 10.3. The second-order valence-corrected chi connectivity index (χ2v) is 12.2. The summed E-state index contributed by atoms with van der Waals surface area (Å²) in [5.74, 6) is 2.85. The minimum absolute atomic E-state index is 0.0618. The number of nitrogens with zero attached hydrogens (tertiary/aromatic N) is 1. The predicted molar refractivity (Wildman–Crippen MR) is 80.6 cm³/mol. The topological polar surface area (TPSA) is 65.5 Å². The minimum atomic E-state index is -4.03. The molecule has 110 valence electrons. The molecule has 0 aliphatic carbocycles. The molecule has 0 aliphatic rings. The summed E-state index contributed by atoms with van der Waals surface area (Å²) in [5, 5.41) is 0. The zero-order chi connectivity index (χ0) is 15.6. The molecule has 0 aromatic carbocycles. The van der Waals surface area contributed by atoms with Crippen molar-refractivity contribution in [2.24, 2.45) is 0 Å². The second kappa shape index (κ2) is 6.04. The summed E-state index contributed by atoms with van der Waals surface area (Å²) < 4.78 is 33.1. The van der Waals surface area contributed by atoms with E-state index in [1.54, 1.807) is 0 Å². The second-order valence-electron chi connectivity index (χ2n) is 4.99. The van der Waals surface area contributed by atoms with Crippen LogP contribution in [0.2, 0.25) is 19.6 Å². The molecule has 0 atom stereocenters. The lowest BCUT2D eigenvalue weighted by molar-refractivity contribution is 0.361. The minimum Gasteiger partial charge on any atom is -0.495 e. The first-order chi connectivity index (χ1) is 9.08. The third kappa shape index (κ3) is 4.40. The van der Waals surface area contributed by atoms with Crippen LogP contribution in [0.3, 0.4) is 0 Å². The van der Waals surface area contributed by atoms with Crippen LogP contribution in [0.5, 0.6) is 11.6 Å². The van der Waals surface area contributed by atoms with Crippen molar-refractivity contribution >= 4 is 27.8 Å². The van der Waals surface area contributed by atoms with Crippen LogP contribution < -0.4 is 9.47 Å². The van der Waals surface area contributed by atoms with E-state index in [1.807, 2.05) is 0 Å². The SMILES string of the molecule is COc1cc(C#C[Si](C)(C)C)nc(OC)c1S(=O)(=O)Cl. The molecule has 0 saturated heterocycles. The molecule has 1 rings (SSSR count). The molecular formula is C12H16ClNO4SSi. The first-order valence-electron chi connectivity index (χ1n) is 5.69. The van der Waals surface area contributed by atoms with E-state index in [0.29, 0.717) is 5.69 Å². The molecule has 0 unspecified atom stereocenters. The Morgan fingerprint density at radius 1 is 1.25 bits per heavy atom. The summed E-state index contributed by atoms with van der Waals surface area (Å²) in [6, 6.07) is 1.44. The normalized spacial score (nSPS) is 11.5. The monoisotopic (exact) mass is 333 g/mol. The summed E-state index contributed by atoms with van der Waals surface area (Å²) >= 11 is 0.